The lowest BCUT2D eigenvalue weighted by Gasteiger charge is -2.30. The Kier molecular flexibility index (Phi) is 7.62. The highest BCUT2D eigenvalue weighted by atomic mass is 16.5. The molecule has 4 N–H and O–H groups in total. The fourth-order valence-corrected chi connectivity index (χ4v) is 5.49. The minimum atomic E-state index is -1.62. The van der Waals surface area contributed by atoms with Gasteiger partial charge in [0.25, 0.3) is 0 Å². The first-order valence-electron chi connectivity index (χ1n) is 13.4. The lowest BCUT2D eigenvalue weighted by molar-refractivity contribution is -0.120. The van der Waals surface area contributed by atoms with Crippen molar-refractivity contribution < 1.29 is 23.9 Å². The molecule has 2 heterocycles. The zero-order valence-electron chi connectivity index (χ0n) is 24.1. The summed E-state index contributed by atoms with van der Waals surface area (Å²) < 4.78 is 12.9. The number of para-hydroxylation sites is 2. The molecule has 0 radical (unpaired) electrons. The van der Waals surface area contributed by atoms with E-state index in [0.717, 1.165) is 22.0 Å². The van der Waals surface area contributed by atoms with Gasteiger partial charge >= 0.3 is 6.03 Å². The number of nitrogens with two attached hydrogens (primary N) is 1. The number of nitrogens with one attached hydrogen (secondary N) is 2. The van der Waals surface area contributed by atoms with Crippen molar-refractivity contribution in [1.29, 1.82) is 0 Å². The Bertz CT molecular complexity index is 1840. The highest BCUT2D eigenvalue weighted by Crippen LogP contribution is 2.32. The van der Waals surface area contributed by atoms with E-state index < -0.39 is 23.8 Å². The van der Waals surface area contributed by atoms with Gasteiger partial charge in [-0.15, -0.1) is 0 Å². The van der Waals surface area contributed by atoms with Crippen LogP contribution in [0.15, 0.2) is 66.9 Å². The van der Waals surface area contributed by atoms with Crippen molar-refractivity contribution in [2.24, 2.45) is 12.8 Å². The number of aromatic amines is 1. The van der Waals surface area contributed by atoms with E-state index >= 15 is 0 Å². The number of Topliss-reactive ketones (excluding diaryl/α,β-unsaturated/α-hetero) is 1. The molecule has 5 rings (SSSR count). The van der Waals surface area contributed by atoms with Crippen LogP contribution in [-0.4, -0.2) is 52.4 Å². The van der Waals surface area contributed by atoms with Gasteiger partial charge in [0.2, 0.25) is 5.91 Å². The Morgan fingerprint density at radius 2 is 1.69 bits per heavy atom. The van der Waals surface area contributed by atoms with Crippen LogP contribution in [0.3, 0.4) is 0 Å². The molecule has 42 heavy (non-hydrogen) atoms. The first-order chi connectivity index (χ1) is 20.1. The SMILES string of the molecule is COc1cc(C)c(CN(C(=O)Nc2cn(C)c3ccccc23)C(C(N)=O)C(=O)c2c(C)[nH]c3ccccc23)c(OC)c1. The van der Waals surface area contributed by atoms with Crippen molar-refractivity contribution in [3.8, 4) is 11.5 Å². The average molecular weight is 568 g/mol. The smallest absolute Gasteiger partial charge is 0.323 e. The summed E-state index contributed by atoms with van der Waals surface area (Å²) in [6, 6.07) is 16.1. The van der Waals surface area contributed by atoms with Crippen LogP contribution in [0.5, 0.6) is 11.5 Å². The molecule has 0 aliphatic rings. The number of aryl methyl sites for hydroxylation is 3. The second-order valence-electron chi connectivity index (χ2n) is 10.2. The first-order valence-corrected chi connectivity index (χ1v) is 13.4. The molecular formula is C32H33N5O5. The van der Waals surface area contributed by atoms with Gasteiger partial charge in [0.05, 0.1) is 26.5 Å². The van der Waals surface area contributed by atoms with Gasteiger partial charge in [0, 0.05) is 57.9 Å². The number of aromatic nitrogens is 2. The number of ketones is 1. The Morgan fingerprint density at radius 1 is 1.00 bits per heavy atom. The number of hydrogen-bond acceptors (Lipinski definition) is 5. The van der Waals surface area contributed by atoms with E-state index in [0.29, 0.717) is 39.4 Å². The van der Waals surface area contributed by atoms with Crippen molar-refractivity contribution in [3.05, 3.63) is 89.2 Å². The van der Waals surface area contributed by atoms with E-state index in [-0.39, 0.29) is 6.54 Å². The number of hydrogen-bond donors (Lipinski definition) is 3. The molecule has 5 aromatic rings. The number of anilines is 1. The molecule has 0 bridgehead atoms. The molecule has 0 saturated carbocycles. The van der Waals surface area contributed by atoms with Gasteiger partial charge in [-0.3, -0.25) is 9.59 Å². The van der Waals surface area contributed by atoms with Crippen molar-refractivity contribution >= 4 is 45.2 Å². The van der Waals surface area contributed by atoms with Crippen LogP contribution in [0.25, 0.3) is 21.8 Å². The van der Waals surface area contributed by atoms with Crippen molar-refractivity contribution in [3.63, 3.8) is 0 Å². The van der Waals surface area contributed by atoms with Gasteiger partial charge in [0.15, 0.2) is 11.8 Å². The predicted octanol–water partition coefficient (Wildman–Crippen LogP) is 5.06. The van der Waals surface area contributed by atoms with Crippen LogP contribution in [0.2, 0.25) is 0 Å². The summed E-state index contributed by atoms with van der Waals surface area (Å²) in [5, 5.41) is 4.37. The third-order valence-corrected chi connectivity index (χ3v) is 7.56. The van der Waals surface area contributed by atoms with Crippen molar-refractivity contribution in [2.45, 2.75) is 26.4 Å². The molecular weight excluding hydrogens is 534 g/mol. The van der Waals surface area contributed by atoms with Gasteiger partial charge in [-0.25, -0.2) is 4.79 Å². The number of nitrogens with zero attached hydrogens (tertiary/aromatic N) is 2. The second-order valence-corrected chi connectivity index (χ2v) is 10.2. The van der Waals surface area contributed by atoms with E-state index in [1.807, 2.05) is 61.0 Å². The first kappa shape index (κ1) is 28.3. The van der Waals surface area contributed by atoms with Gasteiger partial charge < -0.3 is 35.0 Å². The maximum Gasteiger partial charge on any atom is 0.323 e. The number of primary amides is 1. The number of ether oxygens (including phenoxy) is 2. The molecule has 1 unspecified atom stereocenters. The van der Waals surface area contributed by atoms with Crippen LogP contribution >= 0.6 is 0 Å². The molecule has 1 atom stereocenters. The number of carbonyl (C=O) groups is 3. The van der Waals surface area contributed by atoms with Gasteiger partial charge in [-0.2, -0.15) is 0 Å². The Labute approximate surface area is 243 Å². The third-order valence-electron chi connectivity index (χ3n) is 7.56. The highest BCUT2D eigenvalue weighted by molar-refractivity contribution is 6.20. The molecule has 3 aromatic carbocycles. The minimum absolute atomic E-state index is 0.143. The lowest BCUT2D eigenvalue weighted by Crippen LogP contribution is -2.53. The highest BCUT2D eigenvalue weighted by Gasteiger charge is 2.38. The van der Waals surface area contributed by atoms with Crippen LogP contribution in [0.4, 0.5) is 10.5 Å². The number of carbonyl (C=O) groups excluding carboxylic acids is 3. The van der Waals surface area contributed by atoms with Gasteiger partial charge in [-0.1, -0.05) is 36.4 Å². The minimum Gasteiger partial charge on any atom is -0.497 e. The molecule has 10 heteroatoms. The number of methoxy groups -OCH3 is 2. The Balaban J connectivity index is 1.63. The standard InChI is InChI=1S/C32H33N5O5/c1-18-14-20(41-4)15-27(42-5)23(18)16-37(32(40)35-25-17-36(3)26-13-9-7-10-21(25)26)29(31(33)39)30(38)28-19(2)34-24-12-8-6-11-22(24)28/h6-15,17,29,34H,16H2,1-5H3,(H2,33,39)(H,35,40). The van der Waals surface area contributed by atoms with E-state index in [9.17, 15) is 14.4 Å². The molecule has 0 aliphatic heterocycles. The quantitative estimate of drug-likeness (QED) is 0.169. The molecule has 2 aromatic heterocycles. The van der Waals surface area contributed by atoms with Crippen molar-refractivity contribution in [2.75, 3.05) is 19.5 Å². The summed E-state index contributed by atoms with van der Waals surface area (Å²) in [5.74, 6) is -0.538. The van der Waals surface area contributed by atoms with Crippen LogP contribution < -0.4 is 20.5 Å². The fraction of sp³-hybridized carbons (Fsp3) is 0.219. The summed E-state index contributed by atoms with van der Waals surface area (Å²) in [6.07, 6.45) is 1.78. The van der Waals surface area contributed by atoms with Gasteiger partial charge in [0.1, 0.15) is 11.5 Å². The monoisotopic (exact) mass is 567 g/mol. The normalized spacial score (nSPS) is 11.8. The summed E-state index contributed by atoms with van der Waals surface area (Å²) in [7, 11) is 4.92. The van der Waals surface area contributed by atoms with E-state index in [4.69, 9.17) is 15.2 Å². The maximum atomic E-state index is 14.2. The largest absolute Gasteiger partial charge is 0.497 e. The number of benzene rings is 3. The molecule has 0 aliphatic carbocycles. The summed E-state index contributed by atoms with van der Waals surface area (Å²) in [4.78, 5) is 45.9. The third kappa shape index (κ3) is 5.03. The summed E-state index contributed by atoms with van der Waals surface area (Å²) in [6.45, 7) is 3.45. The summed E-state index contributed by atoms with van der Waals surface area (Å²) >= 11 is 0. The topological polar surface area (TPSA) is 132 Å². The molecule has 0 saturated heterocycles. The number of H-pyrrole nitrogens is 1. The summed E-state index contributed by atoms with van der Waals surface area (Å²) in [5.41, 5.74) is 10.3. The second kappa shape index (κ2) is 11.3. The number of amides is 3. The van der Waals surface area contributed by atoms with E-state index in [2.05, 4.69) is 10.3 Å². The van der Waals surface area contributed by atoms with Crippen LogP contribution in [0.1, 0.15) is 27.2 Å². The molecule has 0 spiro atoms. The van der Waals surface area contributed by atoms with E-state index in [1.54, 1.807) is 38.4 Å². The molecule has 216 valence electrons. The average Bonchev–Trinajstić information content (AvgIpc) is 3.48. The molecule has 0 fully saturated rings. The fourth-order valence-electron chi connectivity index (χ4n) is 5.49. The number of rotatable bonds is 9. The maximum absolute atomic E-state index is 14.2. The Hall–Kier alpha value is -5.25. The van der Waals surface area contributed by atoms with Gasteiger partial charge in [-0.05, 0) is 37.6 Å². The lowest BCUT2D eigenvalue weighted by atomic mass is 9.98. The van der Waals surface area contributed by atoms with Crippen LogP contribution in [-0.2, 0) is 18.4 Å². The molecule has 10 nitrogen and oxygen atoms in total. The predicted molar refractivity (Wildman–Crippen MR) is 162 cm³/mol. The zero-order chi connectivity index (χ0) is 30.1. The van der Waals surface area contributed by atoms with Crippen LogP contribution in [0, 0.1) is 13.8 Å². The number of urea groups is 1. The molecule has 3 amide bonds. The Morgan fingerprint density at radius 3 is 2.38 bits per heavy atom. The van der Waals surface area contributed by atoms with Crippen molar-refractivity contribution in [1.82, 2.24) is 14.5 Å². The zero-order valence-corrected chi connectivity index (χ0v) is 24.1. The van der Waals surface area contributed by atoms with E-state index in [1.165, 1.54) is 12.0 Å². The number of fused-ring (bicyclic) bond motifs is 2.